The smallest absolute Gasteiger partial charge is 0.410 e. The minimum atomic E-state index is -0.716. The zero-order valence-electron chi connectivity index (χ0n) is 11.0. The molecule has 1 N–H and O–H groups in total. The summed E-state index contributed by atoms with van der Waals surface area (Å²) in [5, 5.41) is 9.05. The number of fused-ring (bicyclic) bond motifs is 1. The van der Waals surface area contributed by atoms with Crippen molar-refractivity contribution in [3.63, 3.8) is 0 Å². The number of hydrogen-bond donors (Lipinski definition) is 1. The summed E-state index contributed by atoms with van der Waals surface area (Å²) in [6.07, 6.45) is 2.75. The van der Waals surface area contributed by atoms with Gasteiger partial charge in [0.2, 0.25) is 0 Å². The summed E-state index contributed by atoms with van der Waals surface area (Å²) < 4.78 is 5.03. The first-order valence-corrected chi connectivity index (χ1v) is 6.61. The number of carboxylic acid groups (broad SMARTS) is 1. The van der Waals surface area contributed by atoms with Crippen molar-refractivity contribution in [2.45, 2.75) is 18.9 Å². The Hall–Kier alpha value is -1.56. The number of carbonyl (C=O) groups excluding carboxylic acids is 1. The standard InChI is InChI=1S/C13H20N2O4/c1-2-7-19-13(18)15-6-5-14-8-10(12(16)17)3-4-11(14)9-15/h2,10-11H,1,3-9H2,(H,16,17). The predicted octanol–water partition coefficient (Wildman–Crippen LogP) is 0.790. The second kappa shape index (κ2) is 6.06. The highest BCUT2D eigenvalue weighted by molar-refractivity contribution is 5.70. The van der Waals surface area contributed by atoms with E-state index in [9.17, 15) is 9.59 Å². The fourth-order valence-electron chi connectivity index (χ4n) is 2.76. The van der Waals surface area contributed by atoms with Crippen molar-refractivity contribution in [1.29, 1.82) is 0 Å². The Morgan fingerprint density at radius 1 is 1.32 bits per heavy atom. The summed E-state index contributed by atoms with van der Waals surface area (Å²) in [5.41, 5.74) is 0. The van der Waals surface area contributed by atoms with E-state index >= 15 is 0 Å². The van der Waals surface area contributed by atoms with Crippen LogP contribution >= 0.6 is 0 Å². The first-order valence-electron chi connectivity index (χ1n) is 6.61. The van der Waals surface area contributed by atoms with Crippen LogP contribution in [0.25, 0.3) is 0 Å². The van der Waals surface area contributed by atoms with Crippen molar-refractivity contribution in [1.82, 2.24) is 9.80 Å². The van der Waals surface area contributed by atoms with Crippen LogP contribution in [0.3, 0.4) is 0 Å². The summed E-state index contributed by atoms with van der Waals surface area (Å²) in [5.74, 6) is -0.984. The molecule has 0 aromatic carbocycles. The van der Waals surface area contributed by atoms with Crippen molar-refractivity contribution in [2.75, 3.05) is 32.8 Å². The van der Waals surface area contributed by atoms with E-state index in [4.69, 9.17) is 9.84 Å². The van der Waals surface area contributed by atoms with Gasteiger partial charge in [0.05, 0.1) is 5.92 Å². The molecule has 2 heterocycles. The van der Waals surface area contributed by atoms with E-state index in [0.717, 1.165) is 13.0 Å². The molecule has 19 heavy (non-hydrogen) atoms. The molecule has 0 aliphatic carbocycles. The molecule has 106 valence electrons. The lowest BCUT2D eigenvalue weighted by atomic mass is 9.91. The molecular formula is C13H20N2O4. The number of aliphatic carboxylic acids is 1. The van der Waals surface area contributed by atoms with Crippen molar-refractivity contribution >= 4 is 12.1 Å². The van der Waals surface area contributed by atoms with Crippen molar-refractivity contribution in [3.8, 4) is 0 Å². The van der Waals surface area contributed by atoms with Crippen LogP contribution in [-0.4, -0.2) is 65.8 Å². The van der Waals surface area contributed by atoms with Crippen LogP contribution < -0.4 is 0 Å². The maximum absolute atomic E-state index is 11.7. The van der Waals surface area contributed by atoms with Gasteiger partial charge in [-0.2, -0.15) is 0 Å². The number of carbonyl (C=O) groups is 2. The average Bonchev–Trinajstić information content (AvgIpc) is 2.43. The molecule has 2 unspecified atom stereocenters. The lowest BCUT2D eigenvalue weighted by molar-refractivity contribution is -0.144. The molecule has 0 aromatic heterocycles. The van der Waals surface area contributed by atoms with Gasteiger partial charge in [-0.15, -0.1) is 0 Å². The third kappa shape index (κ3) is 3.26. The molecule has 0 radical (unpaired) electrons. The lowest BCUT2D eigenvalue weighted by Gasteiger charge is -2.45. The highest BCUT2D eigenvalue weighted by Gasteiger charge is 2.36. The van der Waals surface area contributed by atoms with E-state index in [1.807, 2.05) is 0 Å². The van der Waals surface area contributed by atoms with Gasteiger partial charge < -0.3 is 14.7 Å². The number of hydrogen-bond acceptors (Lipinski definition) is 4. The van der Waals surface area contributed by atoms with E-state index in [1.165, 1.54) is 0 Å². The number of piperazine rings is 1. The van der Waals surface area contributed by atoms with Crippen molar-refractivity contribution in [3.05, 3.63) is 12.7 Å². The van der Waals surface area contributed by atoms with Gasteiger partial charge in [0.1, 0.15) is 6.61 Å². The Bertz CT molecular complexity index is 372. The fraction of sp³-hybridized carbons (Fsp3) is 0.692. The summed E-state index contributed by atoms with van der Waals surface area (Å²) in [4.78, 5) is 26.6. The fourth-order valence-corrected chi connectivity index (χ4v) is 2.76. The van der Waals surface area contributed by atoms with E-state index in [-0.39, 0.29) is 24.7 Å². The third-order valence-corrected chi connectivity index (χ3v) is 3.84. The normalized spacial score (nSPS) is 27.5. The van der Waals surface area contributed by atoms with E-state index in [2.05, 4.69) is 11.5 Å². The number of piperidine rings is 1. The Labute approximate surface area is 112 Å². The number of ether oxygens (including phenoxy) is 1. The molecule has 6 nitrogen and oxygen atoms in total. The van der Waals surface area contributed by atoms with E-state index in [0.29, 0.717) is 26.1 Å². The van der Waals surface area contributed by atoms with Gasteiger partial charge in [-0.3, -0.25) is 9.69 Å². The Morgan fingerprint density at radius 3 is 2.79 bits per heavy atom. The Balaban J connectivity index is 1.86. The van der Waals surface area contributed by atoms with Gasteiger partial charge in [-0.1, -0.05) is 12.7 Å². The summed E-state index contributed by atoms with van der Waals surface area (Å²) in [7, 11) is 0. The summed E-state index contributed by atoms with van der Waals surface area (Å²) in [6.45, 7) is 6.27. The maximum atomic E-state index is 11.7. The molecule has 0 saturated carbocycles. The molecule has 2 rings (SSSR count). The van der Waals surface area contributed by atoms with Gasteiger partial charge >= 0.3 is 12.1 Å². The zero-order chi connectivity index (χ0) is 13.8. The Morgan fingerprint density at radius 2 is 2.11 bits per heavy atom. The molecule has 1 amide bonds. The zero-order valence-corrected chi connectivity index (χ0v) is 11.0. The largest absolute Gasteiger partial charge is 0.481 e. The number of rotatable bonds is 3. The van der Waals surface area contributed by atoms with Crippen LogP contribution in [0.4, 0.5) is 4.79 Å². The van der Waals surface area contributed by atoms with Crippen LogP contribution in [0.1, 0.15) is 12.8 Å². The van der Waals surface area contributed by atoms with Gasteiger partial charge in [-0.25, -0.2) is 4.79 Å². The van der Waals surface area contributed by atoms with E-state index < -0.39 is 5.97 Å². The van der Waals surface area contributed by atoms with Crippen LogP contribution in [0.15, 0.2) is 12.7 Å². The molecule has 2 atom stereocenters. The van der Waals surface area contributed by atoms with Crippen molar-refractivity contribution in [2.24, 2.45) is 5.92 Å². The molecule has 6 heteroatoms. The second-order valence-electron chi connectivity index (χ2n) is 5.07. The van der Waals surface area contributed by atoms with Gasteiger partial charge in [0.15, 0.2) is 0 Å². The van der Waals surface area contributed by atoms with Crippen LogP contribution in [0.2, 0.25) is 0 Å². The minimum absolute atomic E-state index is 0.227. The molecule has 2 fully saturated rings. The average molecular weight is 268 g/mol. The maximum Gasteiger partial charge on any atom is 0.410 e. The van der Waals surface area contributed by atoms with Crippen LogP contribution in [0.5, 0.6) is 0 Å². The number of carboxylic acids is 1. The third-order valence-electron chi connectivity index (χ3n) is 3.84. The molecule has 0 bridgehead atoms. The highest BCUT2D eigenvalue weighted by atomic mass is 16.6. The summed E-state index contributed by atoms with van der Waals surface area (Å²) >= 11 is 0. The minimum Gasteiger partial charge on any atom is -0.481 e. The Kier molecular flexibility index (Phi) is 4.42. The highest BCUT2D eigenvalue weighted by Crippen LogP contribution is 2.25. The number of nitrogens with zero attached hydrogens (tertiary/aromatic N) is 2. The first kappa shape index (κ1) is 13.9. The van der Waals surface area contributed by atoms with E-state index in [1.54, 1.807) is 11.0 Å². The predicted molar refractivity (Wildman–Crippen MR) is 68.8 cm³/mol. The lowest BCUT2D eigenvalue weighted by Crippen LogP contribution is -2.58. The quantitative estimate of drug-likeness (QED) is 0.766. The van der Waals surface area contributed by atoms with Gasteiger partial charge in [0, 0.05) is 32.2 Å². The molecule has 2 aliphatic rings. The number of amides is 1. The molecule has 2 saturated heterocycles. The van der Waals surface area contributed by atoms with Crippen LogP contribution in [-0.2, 0) is 9.53 Å². The molecule has 0 spiro atoms. The van der Waals surface area contributed by atoms with Gasteiger partial charge in [-0.05, 0) is 12.8 Å². The van der Waals surface area contributed by atoms with Crippen LogP contribution in [0, 0.1) is 5.92 Å². The molecular weight excluding hydrogens is 248 g/mol. The first-order chi connectivity index (χ1) is 9.11. The summed E-state index contributed by atoms with van der Waals surface area (Å²) in [6, 6.07) is 0.264. The van der Waals surface area contributed by atoms with Crippen molar-refractivity contribution < 1.29 is 19.4 Å². The topological polar surface area (TPSA) is 70.1 Å². The second-order valence-corrected chi connectivity index (χ2v) is 5.07. The molecule has 0 aromatic rings. The van der Waals surface area contributed by atoms with Gasteiger partial charge in [0.25, 0.3) is 0 Å². The monoisotopic (exact) mass is 268 g/mol. The molecule has 2 aliphatic heterocycles. The SMILES string of the molecule is C=CCOC(=O)N1CCN2CC(C(=O)O)CCC2C1.